The van der Waals surface area contributed by atoms with Crippen molar-refractivity contribution in [1.29, 1.82) is 0 Å². The van der Waals surface area contributed by atoms with Gasteiger partial charge in [-0.1, -0.05) is 222 Å². The van der Waals surface area contributed by atoms with Crippen LogP contribution in [0.25, 0.3) is 0 Å². The quantitative estimate of drug-likeness (QED) is 0.101. The van der Waals surface area contributed by atoms with Crippen molar-refractivity contribution in [1.82, 2.24) is 9.80 Å². The number of aryl methyl sites for hydroxylation is 6. The SMILES string of the molecule is CC.CC.CC(=O)[O-].CN(C1CCCCC1)C1CCCCC1.CN1CCCC2CCCCC21.Cc1ccc([S+](c2ccc(C)cc2)c2ccc(C)cc2)cc1.Cc1ccc([S+](c2ccc(C)cc2)c2ccc(C)cc2)cc1.c1ccc([I+]c2ccccc2)cc1. The van der Waals surface area contributed by atoms with Gasteiger partial charge in [0.1, 0.15) is 0 Å². The summed E-state index contributed by atoms with van der Waals surface area (Å²) in [5.74, 6) is -0.0255. The number of aliphatic carboxylic acids is 1. The lowest BCUT2D eigenvalue weighted by Crippen LogP contribution is -3.61. The Bertz CT molecular complexity index is 2710. The van der Waals surface area contributed by atoms with E-state index in [4.69, 9.17) is 9.90 Å². The topological polar surface area (TPSA) is 46.6 Å². The van der Waals surface area contributed by atoms with Crippen LogP contribution in [0.2, 0.25) is 0 Å². The molecule has 0 N–H and O–H groups in total. The highest BCUT2D eigenvalue weighted by Crippen LogP contribution is 2.36. The van der Waals surface area contributed by atoms with Crippen molar-refractivity contribution >= 4 is 27.8 Å². The molecule has 1 aliphatic heterocycles. The molecule has 4 fully saturated rings. The molecular formula is C83H111IN2O2S2+2. The van der Waals surface area contributed by atoms with E-state index < -0.39 is 5.97 Å². The number of rotatable bonds is 10. The van der Waals surface area contributed by atoms with Crippen molar-refractivity contribution in [3.05, 3.63) is 247 Å². The maximum Gasteiger partial charge on any atom is 0.357 e. The minimum atomic E-state index is -1.08. The van der Waals surface area contributed by atoms with Crippen molar-refractivity contribution in [2.45, 2.75) is 226 Å². The molecule has 8 aromatic carbocycles. The van der Waals surface area contributed by atoms with Crippen LogP contribution in [0.1, 0.15) is 171 Å². The standard InChI is InChI=1S/2C21H21S.C13H25N.C12H10I.C10H19N.C2H4O2.2C2H6/c2*1-16-4-10-19(11-5-16)22(20-12-6-17(2)7-13-20)21-14-8-18(3)9-15-21;1-14(12-8-4-2-5-9-12)13-10-6-3-7-11-13;1-3-7-11(8-4-1)13-12-9-5-2-6-10-12;1-11-8-4-6-9-5-2-3-7-10(9)11;1-2(3)4;2*1-2/h2*4-15H,1-3H3;12-13H,2-11H2,1H3;1-10H;9-10H,2-8H2,1H3;1H3,(H,3,4);2*1-2H3/q2*+1;;+1;;;;/p-1. The molecule has 3 aliphatic carbocycles. The van der Waals surface area contributed by atoms with Crippen molar-refractivity contribution in [3.63, 3.8) is 0 Å². The Kier molecular flexibility index (Phi) is 35.7. The summed E-state index contributed by atoms with van der Waals surface area (Å²) in [6, 6.07) is 77.8. The van der Waals surface area contributed by atoms with E-state index in [9.17, 15) is 0 Å². The molecule has 4 nitrogen and oxygen atoms in total. The molecule has 12 rings (SSSR count). The second kappa shape index (κ2) is 42.7. The van der Waals surface area contributed by atoms with Gasteiger partial charge in [-0.05, 0) is 223 Å². The Labute approximate surface area is 564 Å². The monoisotopic (exact) mass is 1360 g/mol. The molecule has 3 saturated carbocycles. The molecule has 7 heteroatoms. The number of benzene rings is 8. The molecule has 482 valence electrons. The van der Waals surface area contributed by atoms with Crippen LogP contribution in [0.5, 0.6) is 0 Å². The Balaban J connectivity index is 0.000000203. The highest BCUT2D eigenvalue weighted by Gasteiger charge is 2.32. The minimum Gasteiger partial charge on any atom is -0.550 e. The highest BCUT2D eigenvalue weighted by molar-refractivity contribution is 7.97. The first-order valence-electron chi connectivity index (χ1n) is 33.9. The zero-order valence-corrected chi connectivity index (χ0v) is 61.2. The van der Waals surface area contributed by atoms with Gasteiger partial charge in [0.25, 0.3) is 0 Å². The number of halogens is 1. The second-order valence-electron chi connectivity index (χ2n) is 24.2. The van der Waals surface area contributed by atoms with E-state index in [0.29, 0.717) is 0 Å². The van der Waals surface area contributed by atoms with E-state index in [1.165, 1.54) is 179 Å². The summed E-state index contributed by atoms with van der Waals surface area (Å²) < 4.78 is 2.96. The normalized spacial score (nSPS) is 16.3. The Morgan fingerprint density at radius 1 is 0.389 bits per heavy atom. The van der Waals surface area contributed by atoms with E-state index in [1.807, 2.05) is 27.7 Å². The van der Waals surface area contributed by atoms with E-state index in [-0.39, 0.29) is 43.0 Å². The smallest absolute Gasteiger partial charge is 0.357 e. The summed E-state index contributed by atoms with van der Waals surface area (Å²) >= 11 is 0.0287. The number of fused-ring (bicyclic) bond motifs is 1. The van der Waals surface area contributed by atoms with E-state index >= 15 is 0 Å². The van der Waals surface area contributed by atoms with Crippen LogP contribution in [-0.2, 0) is 26.6 Å². The molecule has 4 aliphatic rings. The second-order valence-corrected chi connectivity index (χ2v) is 31.2. The van der Waals surface area contributed by atoms with E-state index in [2.05, 4.69) is 272 Å². The molecular weight excluding hydrogens is 1250 g/mol. The van der Waals surface area contributed by atoms with Crippen molar-refractivity contribution in [2.24, 2.45) is 5.92 Å². The third-order valence-corrected chi connectivity index (χ3v) is 24.2. The Morgan fingerprint density at radius 3 is 0.900 bits per heavy atom. The fourth-order valence-corrected chi connectivity index (χ4v) is 18.4. The number of carbonyl (C=O) groups is 1. The van der Waals surface area contributed by atoms with Gasteiger partial charge in [0.05, 0.1) is 21.8 Å². The molecule has 0 bridgehead atoms. The third kappa shape index (κ3) is 26.7. The molecule has 0 amide bonds. The van der Waals surface area contributed by atoms with Crippen LogP contribution in [0.3, 0.4) is 0 Å². The summed E-state index contributed by atoms with van der Waals surface area (Å²) in [7, 11) is 4.61. The van der Waals surface area contributed by atoms with Gasteiger partial charge in [-0.25, -0.2) is 0 Å². The van der Waals surface area contributed by atoms with Crippen molar-refractivity contribution < 1.29 is 31.1 Å². The molecule has 0 spiro atoms. The number of piperidine rings is 1. The first kappa shape index (κ1) is 75.3. The zero-order chi connectivity index (χ0) is 65.0. The van der Waals surface area contributed by atoms with Crippen LogP contribution in [0.15, 0.2) is 236 Å². The summed E-state index contributed by atoms with van der Waals surface area (Å²) in [5.41, 5.74) is 7.83. The first-order valence-corrected chi connectivity index (χ1v) is 38.5. The van der Waals surface area contributed by atoms with Crippen LogP contribution in [0, 0.1) is 54.6 Å². The van der Waals surface area contributed by atoms with Gasteiger partial charge in [0, 0.05) is 24.1 Å². The minimum absolute atomic E-state index is 0.0287. The molecule has 2 atom stereocenters. The maximum absolute atomic E-state index is 8.89. The fraction of sp³-hybridized carbons (Fsp3) is 0.410. The zero-order valence-electron chi connectivity index (χ0n) is 57.4. The molecule has 0 radical (unpaired) electrons. The number of likely N-dealkylation sites (tertiary alicyclic amines) is 1. The van der Waals surface area contributed by atoms with Gasteiger partial charge >= 0.3 is 21.2 Å². The van der Waals surface area contributed by atoms with Gasteiger partial charge in [-0.2, -0.15) is 0 Å². The van der Waals surface area contributed by atoms with Gasteiger partial charge in [0.2, 0.25) is 0 Å². The summed E-state index contributed by atoms with van der Waals surface area (Å²) in [6.45, 7) is 23.2. The molecule has 2 unspecified atom stereocenters. The van der Waals surface area contributed by atoms with Crippen LogP contribution in [0.4, 0.5) is 0 Å². The largest absolute Gasteiger partial charge is 0.550 e. The Morgan fingerprint density at radius 2 is 0.633 bits per heavy atom. The van der Waals surface area contributed by atoms with E-state index in [0.717, 1.165) is 31.0 Å². The average Bonchev–Trinajstić information content (AvgIpc) is 1.50. The number of hydrogen-bond donors (Lipinski definition) is 0. The molecule has 0 aromatic heterocycles. The lowest BCUT2D eigenvalue weighted by atomic mass is 9.79. The van der Waals surface area contributed by atoms with Crippen molar-refractivity contribution in [2.75, 3.05) is 20.6 Å². The summed E-state index contributed by atoms with van der Waals surface area (Å²) in [4.78, 5) is 22.4. The van der Waals surface area contributed by atoms with Gasteiger partial charge in [-0.3, -0.25) is 0 Å². The predicted octanol–water partition coefficient (Wildman–Crippen LogP) is 17.9. The fourth-order valence-electron chi connectivity index (χ4n) is 12.1. The predicted molar refractivity (Wildman–Crippen MR) is 384 cm³/mol. The molecule has 1 heterocycles. The lowest BCUT2D eigenvalue weighted by Gasteiger charge is -2.42. The first-order chi connectivity index (χ1) is 43.7. The summed E-state index contributed by atoms with van der Waals surface area (Å²) in [6.07, 6.45) is 23.6. The maximum atomic E-state index is 8.89. The van der Waals surface area contributed by atoms with Crippen LogP contribution in [-0.4, -0.2) is 54.5 Å². The number of carboxylic acid groups (broad SMARTS) is 1. The summed E-state index contributed by atoms with van der Waals surface area (Å²) in [5, 5.41) is 8.89. The lowest BCUT2D eigenvalue weighted by molar-refractivity contribution is -0.597. The Hall–Kier alpha value is -5.42. The van der Waals surface area contributed by atoms with Crippen LogP contribution >= 0.6 is 0 Å². The van der Waals surface area contributed by atoms with Gasteiger partial charge in [0.15, 0.2) is 36.5 Å². The molecule has 1 saturated heterocycles. The molecule has 8 aromatic rings. The van der Waals surface area contributed by atoms with Gasteiger partial charge < -0.3 is 19.7 Å². The number of carbonyl (C=O) groups excluding carboxylic acids is 1. The van der Waals surface area contributed by atoms with Gasteiger partial charge in [-0.15, -0.1) is 0 Å². The van der Waals surface area contributed by atoms with Crippen molar-refractivity contribution in [3.8, 4) is 0 Å². The number of hydrogen-bond acceptors (Lipinski definition) is 4. The van der Waals surface area contributed by atoms with Crippen LogP contribution < -0.4 is 26.3 Å². The third-order valence-electron chi connectivity index (χ3n) is 17.0. The number of nitrogens with zero attached hydrogens (tertiary/aromatic N) is 2. The average molecular weight is 1360 g/mol. The van der Waals surface area contributed by atoms with E-state index in [1.54, 1.807) is 0 Å². The highest BCUT2D eigenvalue weighted by atomic mass is 127. The number of carboxylic acids is 1. The molecule has 90 heavy (non-hydrogen) atoms.